The largest absolute Gasteiger partial charge is 0.310 e. The third-order valence-corrected chi connectivity index (χ3v) is 17.2. The van der Waals surface area contributed by atoms with Crippen molar-refractivity contribution in [1.82, 2.24) is 10.2 Å². The molecule has 1 heterocycles. The van der Waals surface area contributed by atoms with E-state index in [2.05, 4.69) is 95.6 Å². The molecule has 0 aromatic rings. The quantitative estimate of drug-likeness (QED) is 0.225. The topological polar surface area (TPSA) is 49.4 Å². The van der Waals surface area contributed by atoms with Crippen molar-refractivity contribution in [3.05, 3.63) is 48.1 Å². The molecular formula is C40H64N2O2S. The first-order chi connectivity index (χ1) is 21.1. The maximum Gasteiger partial charge on any atom is 0.152 e. The first kappa shape index (κ1) is 33.7. The highest BCUT2D eigenvalue weighted by atomic mass is 32.2. The molecule has 0 aromatic carbocycles. The third-order valence-electron chi connectivity index (χ3n) is 15.6. The number of nitrogens with zero attached hydrogens (tertiary/aromatic N) is 1. The molecule has 9 atom stereocenters. The van der Waals surface area contributed by atoms with E-state index in [9.17, 15) is 8.42 Å². The van der Waals surface area contributed by atoms with Crippen LogP contribution in [0.4, 0.5) is 0 Å². The highest BCUT2D eigenvalue weighted by Gasteiger charge is 2.70. The van der Waals surface area contributed by atoms with Gasteiger partial charge in [-0.25, -0.2) is 8.42 Å². The molecule has 0 unspecified atom stereocenters. The Morgan fingerprint density at radius 3 is 2.38 bits per heavy atom. The van der Waals surface area contributed by atoms with Gasteiger partial charge in [-0.05, 0) is 128 Å². The highest BCUT2D eigenvalue weighted by molar-refractivity contribution is 7.91. The van der Waals surface area contributed by atoms with E-state index in [4.69, 9.17) is 0 Å². The van der Waals surface area contributed by atoms with Crippen LogP contribution in [0.3, 0.4) is 0 Å². The van der Waals surface area contributed by atoms with Crippen LogP contribution < -0.4 is 5.32 Å². The van der Waals surface area contributed by atoms with E-state index in [0.717, 1.165) is 30.8 Å². The fourth-order valence-corrected chi connectivity index (χ4v) is 14.3. The van der Waals surface area contributed by atoms with Gasteiger partial charge in [0.25, 0.3) is 0 Å². The lowest BCUT2D eigenvalue weighted by Crippen LogP contribution is -2.68. The fraction of sp³-hybridized carbons (Fsp3) is 0.800. The number of nitrogens with one attached hydrogen (secondary N) is 1. The molecule has 0 bridgehead atoms. The molecule has 5 fully saturated rings. The molecule has 1 N–H and O–H groups in total. The van der Waals surface area contributed by atoms with Crippen LogP contribution in [0.5, 0.6) is 0 Å². The van der Waals surface area contributed by atoms with E-state index < -0.39 is 9.84 Å². The second-order valence-electron chi connectivity index (χ2n) is 17.7. The zero-order valence-electron chi connectivity index (χ0n) is 29.8. The second kappa shape index (κ2) is 11.8. The SMILES string of the molecule is C=C(C)[C@@H]1CC[C@]2(NCCN3CCS(=O)(=O)CC3)CC[C@]3(C)[C@H](CC[C@@H]4[C@@]5(C)CC=C(C=CC=CC)C(C)(C)[C@@H]5CC[C@]43C)[C@@H]12. The lowest BCUT2D eigenvalue weighted by Gasteiger charge is -2.72. The lowest BCUT2D eigenvalue weighted by molar-refractivity contribution is -0.221. The van der Waals surface area contributed by atoms with Gasteiger partial charge in [-0.1, -0.05) is 77.2 Å². The van der Waals surface area contributed by atoms with E-state index in [1.165, 1.54) is 63.4 Å². The van der Waals surface area contributed by atoms with Crippen molar-refractivity contribution in [3.63, 3.8) is 0 Å². The zero-order valence-corrected chi connectivity index (χ0v) is 30.6. The summed E-state index contributed by atoms with van der Waals surface area (Å²) in [5.74, 6) is 4.13. The summed E-state index contributed by atoms with van der Waals surface area (Å²) in [5, 5.41) is 4.22. The van der Waals surface area contributed by atoms with Gasteiger partial charge in [0.15, 0.2) is 9.84 Å². The molecule has 1 saturated heterocycles. The molecule has 1 aliphatic heterocycles. The van der Waals surface area contributed by atoms with Gasteiger partial charge in [0.2, 0.25) is 0 Å². The molecular weight excluding hydrogens is 573 g/mol. The van der Waals surface area contributed by atoms with E-state index in [1.807, 2.05) is 0 Å². The Labute approximate surface area is 276 Å². The van der Waals surface area contributed by atoms with Crippen molar-refractivity contribution >= 4 is 9.84 Å². The molecule has 0 spiro atoms. The Morgan fingerprint density at radius 2 is 1.69 bits per heavy atom. The predicted octanol–water partition coefficient (Wildman–Crippen LogP) is 8.39. The highest BCUT2D eigenvalue weighted by Crippen LogP contribution is 2.76. The average Bonchev–Trinajstić information content (AvgIpc) is 3.36. The van der Waals surface area contributed by atoms with Crippen LogP contribution in [0.2, 0.25) is 0 Å². The van der Waals surface area contributed by atoms with E-state index in [1.54, 1.807) is 5.57 Å². The Hall–Kier alpha value is -1.17. The number of fused-ring (bicyclic) bond motifs is 7. The molecule has 5 aliphatic carbocycles. The van der Waals surface area contributed by atoms with Crippen molar-refractivity contribution in [2.24, 2.45) is 51.2 Å². The maximum atomic E-state index is 12.0. The van der Waals surface area contributed by atoms with Crippen LogP contribution in [0.1, 0.15) is 106 Å². The summed E-state index contributed by atoms with van der Waals surface area (Å²) in [6.07, 6.45) is 23.4. The number of allylic oxidation sites excluding steroid dienone is 7. The Bertz CT molecular complexity index is 1350. The van der Waals surface area contributed by atoms with Crippen molar-refractivity contribution in [3.8, 4) is 0 Å². The second-order valence-corrected chi connectivity index (χ2v) is 20.0. The standard InChI is InChI=1S/C40H64N2O2S/c1-9-10-11-12-30-15-18-37(6)33(36(30,4)5)17-19-39(8)34(37)14-13-32-35-31(29(2)3)16-20-40(35,22-21-38(32,39)7)41-23-24-42-25-27-45(43,44)28-26-42/h9-12,15,31-35,41H,2,13-14,16-28H2,1,3-8H3/t31-,32+,33-,34+,35+,37-,38+,39+,40-/m0/s1. The number of hydrogen-bond acceptors (Lipinski definition) is 4. The molecule has 0 aromatic heterocycles. The molecule has 6 rings (SSSR count). The average molecular weight is 637 g/mol. The minimum Gasteiger partial charge on any atom is -0.310 e. The predicted molar refractivity (Wildman–Crippen MR) is 190 cm³/mol. The molecule has 252 valence electrons. The van der Waals surface area contributed by atoms with Crippen molar-refractivity contribution in [2.75, 3.05) is 37.7 Å². The first-order valence-electron chi connectivity index (χ1n) is 18.5. The Morgan fingerprint density at radius 1 is 0.956 bits per heavy atom. The minimum atomic E-state index is -2.84. The molecule has 4 saturated carbocycles. The number of hydrogen-bond donors (Lipinski definition) is 1. The summed E-state index contributed by atoms with van der Waals surface area (Å²) in [5.41, 5.74) is 4.39. The number of rotatable bonds is 7. The summed E-state index contributed by atoms with van der Waals surface area (Å²) in [4.78, 5) is 2.37. The van der Waals surface area contributed by atoms with Gasteiger partial charge in [-0.2, -0.15) is 0 Å². The van der Waals surface area contributed by atoms with Gasteiger partial charge in [0.05, 0.1) is 11.5 Å². The molecule has 6 aliphatic rings. The van der Waals surface area contributed by atoms with Gasteiger partial charge in [0.1, 0.15) is 0 Å². The van der Waals surface area contributed by atoms with Crippen molar-refractivity contribution in [1.29, 1.82) is 0 Å². The van der Waals surface area contributed by atoms with Crippen LogP contribution >= 0.6 is 0 Å². The lowest BCUT2D eigenvalue weighted by atomic mass is 9.33. The van der Waals surface area contributed by atoms with E-state index >= 15 is 0 Å². The van der Waals surface area contributed by atoms with E-state index in [0.29, 0.717) is 52.7 Å². The summed E-state index contributed by atoms with van der Waals surface area (Å²) < 4.78 is 24.0. The summed E-state index contributed by atoms with van der Waals surface area (Å²) in [6, 6.07) is 0. The van der Waals surface area contributed by atoms with Crippen LogP contribution in [-0.2, 0) is 9.84 Å². The van der Waals surface area contributed by atoms with Crippen molar-refractivity contribution in [2.45, 2.75) is 112 Å². The molecule has 0 amide bonds. The van der Waals surface area contributed by atoms with Gasteiger partial charge in [0, 0.05) is 31.7 Å². The van der Waals surface area contributed by atoms with E-state index in [-0.39, 0.29) is 11.0 Å². The summed E-state index contributed by atoms with van der Waals surface area (Å²) in [7, 11) is -2.84. The Kier molecular flexibility index (Phi) is 8.81. The number of sulfone groups is 1. The molecule has 5 heteroatoms. The van der Waals surface area contributed by atoms with Crippen LogP contribution in [0, 0.1) is 51.2 Å². The zero-order chi connectivity index (χ0) is 32.5. The Balaban J connectivity index is 1.26. The monoisotopic (exact) mass is 636 g/mol. The molecule has 45 heavy (non-hydrogen) atoms. The summed E-state index contributed by atoms with van der Waals surface area (Å²) in [6.45, 7) is 25.6. The van der Waals surface area contributed by atoms with Crippen LogP contribution in [-0.4, -0.2) is 56.5 Å². The maximum absolute atomic E-state index is 12.0. The molecule has 0 radical (unpaired) electrons. The first-order valence-corrected chi connectivity index (χ1v) is 20.3. The summed E-state index contributed by atoms with van der Waals surface area (Å²) >= 11 is 0. The van der Waals surface area contributed by atoms with Gasteiger partial charge in [-0.3, -0.25) is 0 Å². The molecule has 4 nitrogen and oxygen atoms in total. The van der Waals surface area contributed by atoms with Gasteiger partial charge in [-0.15, -0.1) is 0 Å². The van der Waals surface area contributed by atoms with Crippen molar-refractivity contribution < 1.29 is 8.42 Å². The smallest absolute Gasteiger partial charge is 0.152 e. The minimum absolute atomic E-state index is 0.198. The van der Waals surface area contributed by atoms with Crippen LogP contribution in [0.15, 0.2) is 48.1 Å². The normalized spacial score (nSPS) is 45.8. The third kappa shape index (κ3) is 5.32. The fourth-order valence-electron chi connectivity index (χ4n) is 13.1. The van der Waals surface area contributed by atoms with Gasteiger partial charge >= 0.3 is 0 Å². The van der Waals surface area contributed by atoms with Gasteiger partial charge < -0.3 is 10.2 Å². The van der Waals surface area contributed by atoms with Crippen LogP contribution in [0.25, 0.3) is 0 Å².